The number of carbonyl (C=O) groups excluding carboxylic acids is 4. The predicted octanol–water partition coefficient (Wildman–Crippen LogP) is 1.07. The fourth-order valence-electron chi connectivity index (χ4n) is 7.83. The molecule has 9 unspecified atom stereocenters. The summed E-state index contributed by atoms with van der Waals surface area (Å²) in [5.41, 5.74) is -3.31. The quantitative estimate of drug-likeness (QED) is 0.262. The Labute approximate surface area is 225 Å². The number of aliphatic hydroxyl groups excluding tert-OH is 3. The molecule has 0 aromatic heterocycles. The van der Waals surface area contributed by atoms with E-state index in [-0.39, 0.29) is 24.5 Å². The number of allylic oxidation sites excluding steroid dienone is 3. The highest BCUT2D eigenvalue weighted by Gasteiger charge is 2.84. The molecule has 3 aliphatic carbocycles. The Bertz CT molecular complexity index is 1260. The molecule has 2 heterocycles. The van der Waals surface area contributed by atoms with Gasteiger partial charge in [0.1, 0.15) is 12.2 Å². The van der Waals surface area contributed by atoms with Gasteiger partial charge in [0.2, 0.25) is 17.5 Å². The third-order valence-electron chi connectivity index (χ3n) is 9.83. The molecule has 5 aliphatic rings. The normalized spacial score (nSPS) is 42.9. The number of Topliss-reactive ketones (excluding diaryl/α,β-unsaturated/α-hetero) is 1. The maximum absolute atomic E-state index is 13.5. The zero-order chi connectivity index (χ0) is 28.8. The van der Waals surface area contributed by atoms with Gasteiger partial charge in [0.15, 0.2) is 5.76 Å². The van der Waals surface area contributed by atoms with Crippen LogP contribution in [0.15, 0.2) is 34.6 Å². The second kappa shape index (κ2) is 8.74. The maximum Gasteiger partial charge on any atom is 0.348 e. The van der Waals surface area contributed by atoms with E-state index in [1.165, 1.54) is 12.2 Å². The molecule has 2 aliphatic heterocycles. The Hall–Kier alpha value is -3.02. The summed E-state index contributed by atoms with van der Waals surface area (Å²) in [4.78, 5) is 52.5. The Kier molecular flexibility index (Phi) is 6.17. The van der Waals surface area contributed by atoms with Crippen molar-refractivity contribution in [1.29, 1.82) is 0 Å². The number of fused-ring (bicyclic) bond motifs is 2. The summed E-state index contributed by atoms with van der Waals surface area (Å²) in [6, 6.07) is 0. The number of methoxy groups -OCH3 is 1. The summed E-state index contributed by atoms with van der Waals surface area (Å²) < 4.78 is 22.6. The average Bonchev–Trinajstić information content (AvgIpc) is 3.18. The summed E-state index contributed by atoms with van der Waals surface area (Å²) in [6.45, 7) is 8.52. The first-order valence-corrected chi connectivity index (χ1v) is 13.0. The standard InChI is InChI=1S/C28H34O11/c1-11(2)12(3)7-17(30)39-20-22-27-10-37-28(22,25(35)36-6)23(33)19(32)21(27)26(5)9-15(29)18(31)13(4)14(26)8-16(27)38-24(20)34/h7,9,11,16,19-23,29,32-33H,8,10H2,1-6H3/b12-7+. The molecule has 2 saturated carbocycles. The van der Waals surface area contributed by atoms with E-state index in [1.54, 1.807) is 20.8 Å². The van der Waals surface area contributed by atoms with Gasteiger partial charge in [-0.2, -0.15) is 0 Å². The number of rotatable bonds is 4. The Morgan fingerprint density at radius 3 is 2.49 bits per heavy atom. The molecule has 1 spiro atoms. The van der Waals surface area contributed by atoms with E-state index in [0.717, 1.165) is 7.11 Å². The molecular formula is C28H34O11. The molecule has 9 atom stereocenters. The fraction of sp³-hybridized carbons (Fsp3) is 0.643. The molecule has 39 heavy (non-hydrogen) atoms. The van der Waals surface area contributed by atoms with Crippen molar-refractivity contribution in [2.45, 2.75) is 71.1 Å². The molecular weight excluding hydrogens is 512 g/mol. The maximum atomic E-state index is 13.5. The van der Waals surface area contributed by atoms with E-state index in [0.29, 0.717) is 11.1 Å². The van der Waals surface area contributed by atoms with Gasteiger partial charge < -0.3 is 34.3 Å². The van der Waals surface area contributed by atoms with Gasteiger partial charge in [-0.3, -0.25) is 4.79 Å². The van der Waals surface area contributed by atoms with E-state index >= 15 is 0 Å². The van der Waals surface area contributed by atoms with Gasteiger partial charge in [-0.05, 0) is 31.4 Å². The molecule has 212 valence electrons. The zero-order valence-corrected chi connectivity index (χ0v) is 22.7. The van der Waals surface area contributed by atoms with Crippen molar-refractivity contribution >= 4 is 23.7 Å². The van der Waals surface area contributed by atoms with Crippen LogP contribution in [-0.4, -0.2) is 82.7 Å². The van der Waals surface area contributed by atoms with Crippen molar-refractivity contribution in [3.8, 4) is 0 Å². The number of esters is 3. The Balaban J connectivity index is 1.73. The summed E-state index contributed by atoms with van der Waals surface area (Å²) in [7, 11) is 1.09. The van der Waals surface area contributed by atoms with Gasteiger partial charge in [-0.1, -0.05) is 26.3 Å². The van der Waals surface area contributed by atoms with Crippen molar-refractivity contribution in [3.05, 3.63) is 34.6 Å². The lowest BCUT2D eigenvalue weighted by molar-refractivity contribution is -0.272. The first kappa shape index (κ1) is 27.5. The van der Waals surface area contributed by atoms with Gasteiger partial charge in [-0.15, -0.1) is 0 Å². The number of carbonyl (C=O) groups is 4. The third kappa shape index (κ3) is 3.32. The van der Waals surface area contributed by atoms with Gasteiger partial charge in [0, 0.05) is 34.8 Å². The second-order valence-electron chi connectivity index (χ2n) is 11.9. The molecule has 11 heteroatoms. The van der Waals surface area contributed by atoms with Crippen LogP contribution in [0.2, 0.25) is 0 Å². The highest BCUT2D eigenvalue weighted by atomic mass is 16.6. The third-order valence-corrected chi connectivity index (χ3v) is 9.83. The smallest absolute Gasteiger partial charge is 0.348 e. The lowest BCUT2D eigenvalue weighted by Gasteiger charge is -2.65. The lowest BCUT2D eigenvalue weighted by Crippen LogP contribution is -2.78. The zero-order valence-electron chi connectivity index (χ0n) is 22.7. The van der Waals surface area contributed by atoms with Crippen LogP contribution in [0, 0.1) is 28.6 Å². The van der Waals surface area contributed by atoms with Crippen LogP contribution in [0.4, 0.5) is 0 Å². The number of hydrogen-bond acceptors (Lipinski definition) is 11. The monoisotopic (exact) mass is 546 g/mol. The number of aliphatic hydroxyl groups is 3. The van der Waals surface area contributed by atoms with Gasteiger partial charge in [-0.25, -0.2) is 14.4 Å². The van der Waals surface area contributed by atoms with E-state index in [2.05, 4.69) is 0 Å². The predicted molar refractivity (Wildman–Crippen MR) is 132 cm³/mol. The summed E-state index contributed by atoms with van der Waals surface area (Å²) >= 11 is 0. The molecule has 3 N–H and O–H groups in total. The SMILES string of the molecule is COC(=O)C12OCC34C(CC5=C(C)C(=O)C(O)=CC5(C)C3C(O)C1O)OC(=O)C(OC(=O)/C=C(\C)C(C)C)C24. The van der Waals surface area contributed by atoms with Gasteiger partial charge >= 0.3 is 17.9 Å². The van der Waals surface area contributed by atoms with Crippen molar-refractivity contribution < 1.29 is 53.4 Å². The Morgan fingerprint density at radius 1 is 1.21 bits per heavy atom. The largest absolute Gasteiger partial charge is 0.504 e. The van der Waals surface area contributed by atoms with E-state index < -0.39 is 82.1 Å². The van der Waals surface area contributed by atoms with Crippen molar-refractivity contribution in [3.63, 3.8) is 0 Å². The van der Waals surface area contributed by atoms with Crippen molar-refractivity contribution in [1.82, 2.24) is 0 Å². The Morgan fingerprint density at radius 2 is 1.87 bits per heavy atom. The molecule has 11 nitrogen and oxygen atoms in total. The topological polar surface area (TPSA) is 166 Å². The molecule has 4 fully saturated rings. The highest BCUT2D eigenvalue weighted by Crippen LogP contribution is 2.71. The number of ketones is 1. The second-order valence-corrected chi connectivity index (χ2v) is 11.9. The fourth-order valence-corrected chi connectivity index (χ4v) is 7.83. The van der Waals surface area contributed by atoms with Crippen molar-refractivity contribution in [2.75, 3.05) is 13.7 Å². The average molecular weight is 547 g/mol. The number of hydrogen-bond donors (Lipinski definition) is 3. The molecule has 5 rings (SSSR count). The molecule has 0 aromatic rings. The van der Waals surface area contributed by atoms with Crippen LogP contribution in [0.3, 0.4) is 0 Å². The van der Waals surface area contributed by atoms with E-state index in [9.17, 15) is 34.5 Å². The van der Waals surface area contributed by atoms with E-state index in [4.69, 9.17) is 18.9 Å². The van der Waals surface area contributed by atoms with Crippen LogP contribution < -0.4 is 0 Å². The molecule has 0 aromatic carbocycles. The van der Waals surface area contributed by atoms with Crippen LogP contribution in [0.1, 0.15) is 41.0 Å². The van der Waals surface area contributed by atoms with Crippen LogP contribution >= 0.6 is 0 Å². The minimum atomic E-state index is -2.24. The van der Waals surface area contributed by atoms with Gasteiger partial charge in [0.25, 0.3) is 0 Å². The van der Waals surface area contributed by atoms with Crippen LogP contribution in [0.25, 0.3) is 0 Å². The lowest BCUT2D eigenvalue weighted by atomic mass is 9.40. The summed E-state index contributed by atoms with van der Waals surface area (Å²) in [5.74, 6) is -6.19. The minimum absolute atomic E-state index is 0.0241. The first-order chi connectivity index (χ1) is 18.2. The molecule has 2 saturated heterocycles. The van der Waals surface area contributed by atoms with Crippen LogP contribution in [0.5, 0.6) is 0 Å². The molecule has 2 bridgehead atoms. The highest BCUT2D eigenvalue weighted by molar-refractivity contribution is 6.08. The van der Waals surface area contributed by atoms with E-state index in [1.807, 2.05) is 13.8 Å². The molecule has 0 amide bonds. The number of ether oxygens (including phenoxy) is 4. The minimum Gasteiger partial charge on any atom is -0.504 e. The van der Waals surface area contributed by atoms with Gasteiger partial charge in [0.05, 0.1) is 25.7 Å². The summed E-state index contributed by atoms with van der Waals surface area (Å²) in [6.07, 6.45) is -3.55. The molecule has 0 radical (unpaired) electrons. The summed E-state index contributed by atoms with van der Waals surface area (Å²) in [5, 5.41) is 33.8. The van der Waals surface area contributed by atoms with Crippen LogP contribution in [-0.2, 0) is 38.1 Å². The van der Waals surface area contributed by atoms with Crippen molar-refractivity contribution in [2.24, 2.45) is 28.6 Å². The first-order valence-electron chi connectivity index (χ1n) is 13.0.